The summed E-state index contributed by atoms with van der Waals surface area (Å²) >= 11 is 0. The van der Waals surface area contributed by atoms with Gasteiger partial charge >= 0.3 is 0 Å². The van der Waals surface area contributed by atoms with Crippen molar-refractivity contribution in [1.82, 2.24) is 9.97 Å². The van der Waals surface area contributed by atoms with Gasteiger partial charge in [0.1, 0.15) is 0 Å². The Kier molecular flexibility index (Phi) is 4.31. The lowest BCUT2D eigenvalue weighted by molar-refractivity contribution is 0.598. The molecule has 3 aromatic carbocycles. The van der Waals surface area contributed by atoms with E-state index in [-0.39, 0.29) is 4.90 Å². The van der Waals surface area contributed by atoms with E-state index in [2.05, 4.69) is 15.3 Å². The van der Waals surface area contributed by atoms with Crippen LogP contribution < -0.4 is 10.5 Å². The maximum atomic E-state index is 11.4. The second kappa shape index (κ2) is 6.79. The largest absolute Gasteiger partial charge is 0.324 e. The number of nitrogens with one attached hydrogen (secondary N) is 1. The van der Waals surface area contributed by atoms with E-state index in [1.165, 1.54) is 12.1 Å². The molecule has 0 radical (unpaired) electrons. The van der Waals surface area contributed by atoms with E-state index in [0.717, 1.165) is 22.0 Å². The smallest absolute Gasteiger partial charge is 0.238 e. The fourth-order valence-corrected chi connectivity index (χ4v) is 3.34. The number of nitrogens with two attached hydrogens (primary N) is 1. The van der Waals surface area contributed by atoms with Crippen LogP contribution in [-0.4, -0.2) is 18.4 Å². The van der Waals surface area contributed by atoms with Gasteiger partial charge in [0.05, 0.1) is 10.4 Å². The molecule has 1 heterocycles. The van der Waals surface area contributed by atoms with Gasteiger partial charge in [0, 0.05) is 22.8 Å². The molecule has 0 saturated carbocycles. The topological polar surface area (TPSA) is 98.0 Å². The first-order chi connectivity index (χ1) is 13.0. The Bertz CT molecular complexity index is 1210. The molecule has 0 bridgehead atoms. The molecule has 27 heavy (non-hydrogen) atoms. The summed E-state index contributed by atoms with van der Waals surface area (Å²) in [5, 5.41) is 9.15. The Morgan fingerprint density at radius 2 is 1.59 bits per heavy atom. The fraction of sp³-hybridized carbons (Fsp3) is 0. The van der Waals surface area contributed by atoms with Crippen LogP contribution in [0.3, 0.4) is 0 Å². The van der Waals surface area contributed by atoms with E-state index in [4.69, 9.17) is 5.14 Å². The van der Waals surface area contributed by atoms with E-state index < -0.39 is 10.0 Å². The molecule has 1 aromatic heterocycles. The van der Waals surface area contributed by atoms with Crippen molar-refractivity contribution in [2.24, 2.45) is 5.14 Å². The van der Waals surface area contributed by atoms with Crippen molar-refractivity contribution >= 4 is 32.6 Å². The maximum absolute atomic E-state index is 11.4. The average molecular weight is 376 g/mol. The van der Waals surface area contributed by atoms with Gasteiger partial charge in [-0.25, -0.2) is 23.5 Å². The van der Waals surface area contributed by atoms with Gasteiger partial charge in [-0.3, -0.25) is 0 Å². The third-order valence-electron chi connectivity index (χ3n) is 4.13. The van der Waals surface area contributed by atoms with Crippen LogP contribution in [0.4, 0.5) is 11.6 Å². The lowest BCUT2D eigenvalue weighted by Crippen LogP contribution is -2.11. The van der Waals surface area contributed by atoms with Crippen LogP contribution in [0.15, 0.2) is 83.9 Å². The first-order valence-electron chi connectivity index (χ1n) is 8.22. The standard InChI is InChI=1S/C20H16N4O2S/c21-27(25,26)17-11-9-16(10-12-17)23-20-22-13-15-7-4-8-18(19(15)24-20)14-5-2-1-3-6-14/h1-13H,(H2,21,25,26)(H,22,23,24). The number of para-hydroxylation sites is 1. The fourth-order valence-electron chi connectivity index (χ4n) is 2.82. The average Bonchev–Trinajstić information content (AvgIpc) is 2.68. The second-order valence-electron chi connectivity index (χ2n) is 6.00. The van der Waals surface area contributed by atoms with Gasteiger partial charge in [0.15, 0.2) is 0 Å². The summed E-state index contributed by atoms with van der Waals surface area (Å²) in [6.07, 6.45) is 1.76. The van der Waals surface area contributed by atoms with Crippen LogP contribution >= 0.6 is 0 Å². The van der Waals surface area contributed by atoms with Crippen molar-refractivity contribution in [3.63, 3.8) is 0 Å². The number of benzene rings is 3. The molecule has 0 saturated heterocycles. The number of hydrogen-bond acceptors (Lipinski definition) is 5. The normalized spacial score (nSPS) is 11.4. The molecule has 0 atom stereocenters. The van der Waals surface area contributed by atoms with Crippen molar-refractivity contribution < 1.29 is 8.42 Å². The molecular weight excluding hydrogens is 360 g/mol. The number of rotatable bonds is 4. The molecule has 0 unspecified atom stereocenters. The zero-order valence-corrected chi connectivity index (χ0v) is 15.0. The highest BCUT2D eigenvalue weighted by molar-refractivity contribution is 7.89. The van der Waals surface area contributed by atoms with Crippen LogP contribution in [-0.2, 0) is 10.0 Å². The van der Waals surface area contributed by atoms with E-state index >= 15 is 0 Å². The minimum absolute atomic E-state index is 0.0545. The van der Waals surface area contributed by atoms with Crippen molar-refractivity contribution in [3.8, 4) is 11.1 Å². The van der Waals surface area contributed by atoms with Gasteiger partial charge in [-0.05, 0) is 29.8 Å². The summed E-state index contributed by atoms with van der Waals surface area (Å²) in [5.74, 6) is 0.425. The van der Waals surface area contributed by atoms with Gasteiger partial charge < -0.3 is 5.32 Å². The van der Waals surface area contributed by atoms with Gasteiger partial charge in [0.2, 0.25) is 16.0 Å². The minimum Gasteiger partial charge on any atom is -0.324 e. The third-order valence-corrected chi connectivity index (χ3v) is 5.06. The highest BCUT2D eigenvalue weighted by Crippen LogP contribution is 2.28. The highest BCUT2D eigenvalue weighted by Gasteiger charge is 2.09. The summed E-state index contributed by atoms with van der Waals surface area (Å²) in [7, 11) is -3.72. The lowest BCUT2D eigenvalue weighted by Gasteiger charge is -2.09. The minimum atomic E-state index is -3.72. The van der Waals surface area contributed by atoms with Crippen molar-refractivity contribution in [1.29, 1.82) is 0 Å². The summed E-state index contributed by atoms with van der Waals surface area (Å²) < 4.78 is 22.7. The van der Waals surface area contributed by atoms with Gasteiger partial charge in [-0.15, -0.1) is 0 Å². The quantitative estimate of drug-likeness (QED) is 0.566. The molecule has 0 aliphatic carbocycles. The van der Waals surface area contributed by atoms with Gasteiger partial charge in [-0.1, -0.05) is 48.5 Å². The predicted molar refractivity (Wildman–Crippen MR) is 106 cm³/mol. The zero-order valence-electron chi connectivity index (χ0n) is 14.2. The Balaban J connectivity index is 1.71. The molecule has 0 aliphatic rings. The molecule has 6 nitrogen and oxygen atoms in total. The molecule has 0 spiro atoms. The van der Waals surface area contributed by atoms with E-state index in [1.807, 2.05) is 48.5 Å². The van der Waals surface area contributed by atoms with E-state index in [0.29, 0.717) is 11.6 Å². The first-order valence-corrected chi connectivity index (χ1v) is 9.76. The third kappa shape index (κ3) is 3.64. The monoisotopic (exact) mass is 376 g/mol. The summed E-state index contributed by atoms with van der Waals surface area (Å²) in [4.78, 5) is 9.05. The van der Waals surface area contributed by atoms with Crippen LogP contribution in [0.5, 0.6) is 0 Å². The SMILES string of the molecule is NS(=O)(=O)c1ccc(Nc2ncc3cccc(-c4ccccc4)c3n2)cc1. The summed E-state index contributed by atoms with van der Waals surface area (Å²) in [6, 6.07) is 22.1. The number of sulfonamides is 1. The van der Waals surface area contributed by atoms with Crippen LogP contribution in [0.2, 0.25) is 0 Å². The molecule has 4 aromatic rings. The molecule has 7 heteroatoms. The Morgan fingerprint density at radius 3 is 2.30 bits per heavy atom. The molecule has 3 N–H and O–H groups in total. The number of aromatic nitrogens is 2. The molecular formula is C20H16N4O2S. The van der Waals surface area contributed by atoms with Gasteiger partial charge in [-0.2, -0.15) is 0 Å². The van der Waals surface area contributed by atoms with Gasteiger partial charge in [0.25, 0.3) is 0 Å². The molecule has 134 valence electrons. The second-order valence-corrected chi connectivity index (χ2v) is 7.56. The Hall–Kier alpha value is -3.29. The first kappa shape index (κ1) is 17.1. The van der Waals surface area contributed by atoms with Crippen LogP contribution in [0, 0.1) is 0 Å². The maximum Gasteiger partial charge on any atom is 0.238 e. The van der Waals surface area contributed by atoms with E-state index in [1.54, 1.807) is 18.3 Å². The highest BCUT2D eigenvalue weighted by atomic mass is 32.2. The molecule has 0 fully saturated rings. The van der Waals surface area contributed by atoms with Crippen LogP contribution in [0.25, 0.3) is 22.0 Å². The molecule has 4 rings (SSSR count). The number of hydrogen-bond donors (Lipinski definition) is 2. The predicted octanol–water partition coefficient (Wildman–Crippen LogP) is 3.69. The Morgan fingerprint density at radius 1 is 0.852 bits per heavy atom. The van der Waals surface area contributed by atoms with Crippen molar-refractivity contribution in [3.05, 3.63) is 79.0 Å². The zero-order chi connectivity index (χ0) is 18.9. The van der Waals surface area contributed by atoms with Crippen molar-refractivity contribution in [2.75, 3.05) is 5.32 Å². The Labute approximate surface area is 156 Å². The number of nitrogens with zero attached hydrogens (tertiary/aromatic N) is 2. The van der Waals surface area contributed by atoms with E-state index in [9.17, 15) is 8.42 Å². The number of anilines is 2. The lowest BCUT2D eigenvalue weighted by atomic mass is 10.0. The number of fused-ring (bicyclic) bond motifs is 1. The summed E-state index contributed by atoms with van der Waals surface area (Å²) in [6.45, 7) is 0. The molecule has 0 aliphatic heterocycles. The summed E-state index contributed by atoms with van der Waals surface area (Å²) in [5.41, 5.74) is 3.59. The van der Waals surface area contributed by atoms with Crippen molar-refractivity contribution in [2.45, 2.75) is 4.90 Å². The number of primary sulfonamides is 1. The molecule has 0 amide bonds. The van der Waals surface area contributed by atoms with Crippen LogP contribution in [0.1, 0.15) is 0 Å².